The van der Waals surface area contributed by atoms with Gasteiger partial charge in [-0.05, 0) is 30.7 Å². The van der Waals surface area contributed by atoms with E-state index in [2.05, 4.69) is 22.1 Å². The Labute approximate surface area is 112 Å². The van der Waals surface area contributed by atoms with Crippen LogP contribution in [0.4, 0.5) is 4.39 Å². The highest BCUT2D eigenvalue weighted by Gasteiger charge is 2.19. The molecule has 0 aliphatic carbocycles. The van der Waals surface area contributed by atoms with Crippen molar-refractivity contribution in [2.45, 2.75) is 19.5 Å². The highest BCUT2D eigenvalue weighted by molar-refractivity contribution is 5.81. The smallest absolute Gasteiger partial charge is 0.124 e. The SMILES string of the molecule is CC1CNCCN1Cc1cc(F)cc2cccnc12. The first-order valence-corrected chi connectivity index (χ1v) is 6.72. The summed E-state index contributed by atoms with van der Waals surface area (Å²) in [6, 6.07) is 7.39. The number of hydrogen-bond acceptors (Lipinski definition) is 3. The fourth-order valence-corrected chi connectivity index (χ4v) is 2.68. The number of fused-ring (bicyclic) bond motifs is 1. The zero-order valence-electron chi connectivity index (χ0n) is 11.1. The molecule has 4 heteroatoms. The largest absolute Gasteiger partial charge is 0.314 e. The minimum absolute atomic E-state index is 0.182. The molecule has 0 radical (unpaired) electrons. The third-order valence-electron chi connectivity index (χ3n) is 3.76. The maximum atomic E-state index is 13.7. The van der Waals surface area contributed by atoms with E-state index in [0.29, 0.717) is 6.04 Å². The van der Waals surface area contributed by atoms with Crippen LogP contribution in [-0.4, -0.2) is 35.6 Å². The molecule has 1 aromatic heterocycles. The van der Waals surface area contributed by atoms with E-state index in [4.69, 9.17) is 0 Å². The predicted molar refractivity (Wildman–Crippen MR) is 74.4 cm³/mol. The van der Waals surface area contributed by atoms with E-state index >= 15 is 0 Å². The number of hydrogen-bond donors (Lipinski definition) is 1. The van der Waals surface area contributed by atoms with Crippen molar-refractivity contribution in [2.24, 2.45) is 0 Å². The first-order valence-electron chi connectivity index (χ1n) is 6.72. The Bertz CT molecular complexity index is 585. The van der Waals surface area contributed by atoms with Crippen molar-refractivity contribution >= 4 is 10.9 Å². The monoisotopic (exact) mass is 259 g/mol. The van der Waals surface area contributed by atoms with Crippen molar-refractivity contribution in [1.82, 2.24) is 15.2 Å². The summed E-state index contributed by atoms with van der Waals surface area (Å²) >= 11 is 0. The fraction of sp³-hybridized carbons (Fsp3) is 0.400. The third-order valence-corrected chi connectivity index (χ3v) is 3.76. The Balaban J connectivity index is 1.95. The van der Waals surface area contributed by atoms with E-state index in [1.54, 1.807) is 18.3 Å². The van der Waals surface area contributed by atoms with Gasteiger partial charge in [-0.2, -0.15) is 0 Å². The van der Waals surface area contributed by atoms with E-state index in [1.807, 2.05) is 12.1 Å². The average molecular weight is 259 g/mol. The molecule has 0 bridgehead atoms. The van der Waals surface area contributed by atoms with Crippen LogP contribution in [0.1, 0.15) is 12.5 Å². The zero-order valence-corrected chi connectivity index (χ0v) is 11.1. The second-order valence-corrected chi connectivity index (χ2v) is 5.16. The lowest BCUT2D eigenvalue weighted by Gasteiger charge is -2.34. The Morgan fingerprint density at radius 3 is 3.21 bits per heavy atom. The summed E-state index contributed by atoms with van der Waals surface area (Å²) < 4.78 is 13.7. The predicted octanol–water partition coefficient (Wildman–Crippen LogP) is 2.17. The number of nitrogens with one attached hydrogen (secondary N) is 1. The lowest BCUT2D eigenvalue weighted by Crippen LogP contribution is -2.49. The summed E-state index contributed by atoms with van der Waals surface area (Å²) in [5.74, 6) is -0.182. The van der Waals surface area contributed by atoms with Crippen LogP contribution in [0.3, 0.4) is 0 Å². The van der Waals surface area contributed by atoms with Crippen LogP contribution in [0.25, 0.3) is 10.9 Å². The molecule has 0 saturated carbocycles. The second kappa shape index (κ2) is 5.23. The first kappa shape index (κ1) is 12.5. The molecule has 2 aromatic rings. The summed E-state index contributed by atoms with van der Waals surface area (Å²) in [5.41, 5.74) is 1.89. The number of rotatable bonds is 2. The van der Waals surface area contributed by atoms with Crippen LogP contribution in [-0.2, 0) is 6.54 Å². The number of pyridine rings is 1. The Kier molecular flexibility index (Phi) is 3.44. The molecular formula is C15H18FN3. The maximum Gasteiger partial charge on any atom is 0.124 e. The van der Waals surface area contributed by atoms with Crippen molar-refractivity contribution in [3.8, 4) is 0 Å². The van der Waals surface area contributed by atoms with Gasteiger partial charge in [0.1, 0.15) is 5.82 Å². The molecule has 3 rings (SSSR count). The molecule has 0 spiro atoms. The first-order chi connectivity index (χ1) is 9.24. The van der Waals surface area contributed by atoms with Crippen molar-refractivity contribution < 1.29 is 4.39 Å². The maximum absolute atomic E-state index is 13.7. The molecule has 1 unspecified atom stereocenters. The number of nitrogens with zero attached hydrogens (tertiary/aromatic N) is 2. The van der Waals surface area contributed by atoms with Crippen LogP contribution in [0.15, 0.2) is 30.5 Å². The summed E-state index contributed by atoms with van der Waals surface area (Å²) in [6.45, 7) is 5.92. The van der Waals surface area contributed by atoms with Crippen LogP contribution in [0, 0.1) is 5.82 Å². The lowest BCUT2D eigenvalue weighted by molar-refractivity contribution is 0.166. The highest BCUT2D eigenvalue weighted by Crippen LogP contribution is 2.21. The van der Waals surface area contributed by atoms with Gasteiger partial charge < -0.3 is 5.32 Å². The van der Waals surface area contributed by atoms with Gasteiger partial charge in [0, 0.05) is 43.8 Å². The van der Waals surface area contributed by atoms with Gasteiger partial charge in [0.2, 0.25) is 0 Å². The lowest BCUT2D eigenvalue weighted by atomic mass is 10.1. The van der Waals surface area contributed by atoms with E-state index in [0.717, 1.165) is 42.6 Å². The van der Waals surface area contributed by atoms with E-state index < -0.39 is 0 Å². The van der Waals surface area contributed by atoms with Gasteiger partial charge in [-0.25, -0.2) is 4.39 Å². The van der Waals surface area contributed by atoms with Crippen molar-refractivity contribution in [2.75, 3.05) is 19.6 Å². The molecule has 1 N–H and O–H groups in total. The zero-order chi connectivity index (χ0) is 13.2. The molecule has 2 heterocycles. The summed E-state index contributed by atoms with van der Waals surface area (Å²) in [7, 11) is 0. The Morgan fingerprint density at radius 2 is 2.37 bits per heavy atom. The summed E-state index contributed by atoms with van der Waals surface area (Å²) in [4.78, 5) is 6.78. The van der Waals surface area contributed by atoms with E-state index in [-0.39, 0.29) is 5.82 Å². The van der Waals surface area contributed by atoms with E-state index in [9.17, 15) is 4.39 Å². The van der Waals surface area contributed by atoms with Crippen LogP contribution < -0.4 is 5.32 Å². The van der Waals surface area contributed by atoms with Gasteiger partial charge in [-0.1, -0.05) is 6.07 Å². The van der Waals surface area contributed by atoms with Gasteiger partial charge in [0.05, 0.1) is 5.52 Å². The average Bonchev–Trinajstić information content (AvgIpc) is 2.41. The summed E-state index contributed by atoms with van der Waals surface area (Å²) in [6.07, 6.45) is 1.77. The molecule has 1 aliphatic rings. The molecular weight excluding hydrogens is 241 g/mol. The fourth-order valence-electron chi connectivity index (χ4n) is 2.68. The Hall–Kier alpha value is -1.52. The molecule has 1 atom stereocenters. The van der Waals surface area contributed by atoms with Gasteiger partial charge in [-0.15, -0.1) is 0 Å². The van der Waals surface area contributed by atoms with Gasteiger partial charge in [-0.3, -0.25) is 9.88 Å². The molecule has 3 nitrogen and oxygen atoms in total. The molecule has 19 heavy (non-hydrogen) atoms. The standard InChI is InChI=1S/C15H18FN3/c1-11-9-17-5-6-19(11)10-13-8-14(16)7-12-3-2-4-18-15(12)13/h2-4,7-8,11,17H,5-6,9-10H2,1H3. The summed E-state index contributed by atoms with van der Waals surface area (Å²) in [5, 5.41) is 4.24. The topological polar surface area (TPSA) is 28.2 Å². The van der Waals surface area contributed by atoms with Gasteiger partial charge in [0.15, 0.2) is 0 Å². The number of halogens is 1. The van der Waals surface area contributed by atoms with Crippen molar-refractivity contribution in [3.05, 3.63) is 41.8 Å². The number of piperazine rings is 1. The van der Waals surface area contributed by atoms with Crippen molar-refractivity contribution in [3.63, 3.8) is 0 Å². The quantitative estimate of drug-likeness (QED) is 0.896. The molecule has 100 valence electrons. The minimum Gasteiger partial charge on any atom is -0.314 e. The number of benzene rings is 1. The van der Waals surface area contributed by atoms with E-state index in [1.165, 1.54) is 0 Å². The molecule has 1 saturated heterocycles. The highest BCUT2D eigenvalue weighted by atomic mass is 19.1. The molecule has 0 amide bonds. The number of aromatic nitrogens is 1. The molecule has 1 aromatic carbocycles. The second-order valence-electron chi connectivity index (χ2n) is 5.16. The Morgan fingerprint density at radius 1 is 1.47 bits per heavy atom. The van der Waals surface area contributed by atoms with Crippen molar-refractivity contribution in [1.29, 1.82) is 0 Å². The minimum atomic E-state index is -0.182. The van der Waals surface area contributed by atoms with Gasteiger partial charge in [0.25, 0.3) is 0 Å². The van der Waals surface area contributed by atoms with Crippen LogP contribution in [0.5, 0.6) is 0 Å². The van der Waals surface area contributed by atoms with Crippen LogP contribution in [0.2, 0.25) is 0 Å². The van der Waals surface area contributed by atoms with Crippen LogP contribution >= 0.6 is 0 Å². The van der Waals surface area contributed by atoms with Gasteiger partial charge >= 0.3 is 0 Å². The molecule has 1 aliphatic heterocycles. The molecule has 1 fully saturated rings. The third kappa shape index (κ3) is 2.60. The normalized spacial score (nSPS) is 20.8.